The van der Waals surface area contributed by atoms with E-state index in [4.69, 9.17) is 11.5 Å². The van der Waals surface area contributed by atoms with Crippen LogP contribution in [0.5, 0.6) is 0 Å². The molecule has 0 bridgehead atoms. The Morgan fingerprint density at radius 3 is 2.92 bits per heavy atom. The molecule has 0 spiro atoms. The van der Waals surface area contributed by atoms with Gasteiger partial charge < -0.3 is 11.5 Å². The lowest BCUT2D eigenvalue weighted by Crippen LogP contribution is -2.23. The fourth-order valence-corrected chi connectivity index (χ4v) is 0.791. The lowest BCUT2D eigenvalue weighted by molar-refractivity contribution is 0.749. The second kappa shape index (κ2) is 3.08. The lowest BCUT2D eigenvalue weighted by Gasteiger charge is -2.03. The maximum Gasteiger partial charge on any atom is 0.349 e. The van der Waals surface area contributed by atoms with Crippen LogP contribution < -0.4 is 17.2 Å². The van der Waals surface area contributed by atoms with Crippen LogP contribution in [0.3, 0.4) is 0 Å². The van der Waals surface area contributed by atoms with Crippen LogP contribution in [0.4, 0.5) is 11.5 Å². The van der Waals surface area contributed by atoms with Crippen LogP contribution in [0.2, 0.25) is 0 Å². The van der Waals surface area contributed by atoms with Gasteiger partial charge in [0.1, 0.15) is 0 Å². The van der Waals surface area contributed by atoms with Crippen molar-refractivity contribution >= 4 is 11.5 Å². The molecule has 0 fully saturated rings. The summed E-state index contributed by atoms with van der Waals surface area (Å²) in [5, 5.41) is 0. The summed E-state index contributed by atoms with van der Waals surface area (Å²) in [4.78, 5) is 14.6. The summed E-state index contributed by atoms with van der Waals surface area (Å²) in [6.45, 7) is 3.87. The van der Waals surface area contributed by atoms with Crippen molar-refractivity contribution in [2.45, 2.75) is 6.54 Å². The van der Waals surface area contributed by atoms with Gasteiger partial charge in [-0.25, -0.2) is 4.79 Å². The van der Waals surface area contributed by atoms with Crippen LogP contribution in [-0.4, -0.2) is 9.55 Å². The number of nitrogens with two attached hydrogens (primary N) is 2. The Morgan fingerprint density at radius 1 is 1.67 bits per heavy atom. The fraction of sp³-hybridized carbons (Fsp3) is 0.143. The predicted molar refractivity (Wildman–Crippen MR) is 47.5 cm³/mol. The molecule has 0 saturated heterocycles. The van der Waals surface area contributed by atoms with Crippen molar-refractivity contribution in [2.75, 3.05) is 11.5 Å². The first kappa shape index (κ1) is 8.32. The average molecular weight is 166 g/mol. The van der Waals surface area contributed by atoms with Gasteiger partial charge in [-0.1, -0.05) is 6.08 Å². The molecule has 0 aliphatic heterocycles. The molecule has 0 aromatic carbocycles. The normalized spacial score (nSPS) is 9.67. The Morgan fingerprint density at radius 2 is 2.33 bits per heavy atom. The van der Waals surface area contributed by atoms with Crippen LogP contribution in [0.15, 0.2) is 23.6 Å². The summed E-state index contributed by atoms with van der Waals surface area (Å²) in [6.07, 6.45) is 3.03. The number of hydrogen-bond donors (Lipinski definition) is 2. The van der Waals surface area contributed by atoms with Gasteiger partial charge in [-0.15, -0.1) is 6.58 Å². The molecule has 12 heavy (non-hydrogen) atoms. The number of rotatable bonds is 2. The van der Waals surface area contributed by atoms with E-state index in [1.807, 2.05) is 0 Å². The first-order valence-corrected chi connectivity index (χ1v) is 3.38. The molecule has 64 valence electrons. The molecule has 0 aliphatic carbocycles. The number of hydrogen-bond acceptors (Lipinski definition) is 4. The minimum atomic E-state index is -0.415. The van der Waals surface area contributed by atoms with E-state index in [1.165, 1.54) is 10.8 Å². The monoisotopic (exact) mass is 166 g/mol. The predicted octanol–water partition coefficient (Wildman–Crippen LogP) is -0.406. The van der Waals surface area contributed by atoms with Gasteiger partial charge in [0.2, 0.25) is 0 Å². The minimum absolute atomic E-state index is 0.0697. The van der Waals surface area contributed by atoms with E-state index in [0.29, 0.717) is 12.2 Å². The number of nitrogens with zero attached hydrogens (tertiary/aromatic N) is 2. The Kier molecular flexibility index (Phi) is 2.14. The summed E-state index contributed by atoms with van der Waals surface area (Å²) < 4.78 is 1.33. The van der Waals surface area contributed by atoms with Crippen LogP contribution >= 0.6 is 0 Å². The van der Waals surface area contributed by atoms with Crippen LogP contribution in [0, 0.1) is 0 Å². The van der Waals surface area contributed by atoms with E-state index >= 15 is 0 Å². The highest BCUT2D eigenvalue weighted by atomic mass is 16.1. The molecule has 0 radical (unpaired) electrons. The molecule has 1 aromatic rings. The zero-order valence-electron chi connectivity index (χ0n) is 6.53. The second-order valence-electron chi connectivity index (χ2n) is 2.31. The molecule has 0 atom stereocenters. The third-order valence-electron chi connectivity index (χ3n) is 1.38. The van der Waals surface area contributed by atoms with E-state index in [-0.39, 0.29) is 5.82 Å². The van der Waals surface area contributed by atoms with E-state index in [9.17, 15) is 4.79 Å². The largest absolute Gasteiger partial charge is 0.395 e. The van der Waals surface area contributed by atoms with Crippen LogP contribution in [0.25, 0.3) is 0 Å². The Bertz CT molecular complexity index is 355. The van der Waals surface area contributed by atoms with Crippen molar-refractivity contribution in [3.05, 3.63) is 29.3 Å². The SMILES string of the molecule is C=CCn1cc(N)c(N)nc1=O. The van der Waals surface area contributed by atoms with Crippen molar-refractivity contribution in [1.82, 2.24) is 9.55 Å². The summed E-state index contributed by atoms with van der Waals surface area (Å²) in [6, 6.07) is 0. The maximum atomic E-state index is 11.1. The molecule has 0 amide bonds. The highest BCUT2D eigenvalue weighted by Crippen LogP contribution is 2.05. The standard InChI is InChI=1S/C7H10N4O/c1-2-3-11-4-5(8)6(9)10-7(11)12/h2,4H,1,3,8H2,(H2,9,10,12). The zero-order valence-corrected chi connectivity index (χ0v) is 6.53. The number of allylic oxidation sites excluding steroid dienone is 1. The molecular formula is C7H10N4O. The Balaban J connectivity index is 3.23. The first-order valence-electron chi connectivity index (χ1n) is 3.38. The van der Waals surface area contributed by atoms with Crippen molar-refractivity contribution in [1.29, 1.82) is 0 Å². The third kappa shape index (κ3) is 1.45. The van der Waals surface area contributed by atoms with Crippen LogP contribution in [-0.2, 0) is 6.54 Å². The van der Waals surface area contributed by atoms with Crippen molar-refractivity contribution in [3.63, 3.8) is 0 Å². The van der Waals surface area contributed by atoms with Gasteiger partial charge in [-0.2, -0.15) is 4.98 Å². The molecule has 1 aromatic heterocycles. The van der Waals surface area contributed by atoms with Gasteiger partial charge in [0.15, 0.2) is 5.82 Å². The number of nitrogen functional groups attached to an aromatic ring is 2. The van der Waals surface area contributed by atoms with Gasteiger partial charge in [0.25, 0.3) is 0 Å². The highest BCUT2D eigenvalue weighted by Gasteiger charge is 1.99. The van der Waals surface area contributed by atoms with Gasteiger partial charge in [0, 0.05) is 12.7 Å². The van der Waals surface area contributed by atoms with Crippen molar-refractivity contribution < 1.29 is 0 Å². The van der Waals surface area contributed by atoms with Crippen LogP contribution in [0.1, 0.15) is 0 Å². The fourth-order valence-electron chi connectivity index (χ4n) is 0.791. The molecule has 4 N–H and O–H groups in total. The molecule has 5 nitrogen and oxygen atoms in total. The highest BCUT2D eigenvalue weighted by molar-refractivity contribution is 5.55. The molecule has 0 saturated carbocycles. The molecule has 0 unspecified atom stereocenters. The Hall–Kier alpha value is -1.78. The maximum absolute atomic E-state index is 11.1. The third-order valence-corrected chi connectivity index (χ3v) is 1.38. The van der Waals surface area contributed by atoms with E-state index in [1.54, 1.807) is 6.08 Å². The first-order chi connectivity index (χ1) is 5.65. The topological polar surface area (TPSA) is 86.9 Å². The van der Waals surface area contributed by atoms with E-state index in [0.717, 1.165) is 0 Å². The smallest absolute Gasteiger partial charge is 0.349 e. The van der Waals surface area contributed by atoms with E-state index in [2.05, 4.69) is 11.6 Å². The molecule has 1 heterocycles. The van der Waals surface area contributed by atoms with Gasteiger partial charge in [0.05, 0.1) is 5.69 Å². The lowest BCUT2D eigenvalue weighted by atomic mass is 10.5. The number of anilines is 2. The molecular weight excluding hydrogens is 156 g/mol. The zero-order chi connectivity index (χ0) is 9.14. The molecule has 1 rings (SSSR count). The summed E-state index contributed by atoms with van der Waals surface area (Å²) in [5.41, 5.74) is 10.6. The molecule has 5 heteroatoms. The second-order valence-corrected chi connectivity index (χ2v) is 2.31. The summed E-state index contributed by atoms with van der Waals surface area (Å²) in [5.74, 6) is 0.0697. The quantitative estimate of drug-likeness (QED) is 0.585. The van der Waals surface area contributed by atoms with E-state index < -0.39 is 5.69 Å². The Labute approximate surface area is 69.3 Å². The number of aromatic nitrogens is 2. The minimum Gasteiger partial charge on any atom is -0.395 e. The summed E-state index contributed by atoms with van der Waals surface area (Å²) >= 11 is 0. The average Bonchev–Trinajstić information content (AvgIpc) is 2.01. The van der Waals surface area contributed by atoms with Crippen molar-refractivity contribution in [3.8, 4) is 0 Å². The van der Waals surface area contributed by atoms with Gasteiger partial charge in [-0.05, 0) is 0 Å². The van der Waals surface area contributed by atoms with Gasteiger partial charge >= 0.3 is 5.69 Å². The van der Waals surface area contributed by atoms with Gasteiger partial charge in [-0.3, -0.25) is 4.57 Å². The molecule has 0 aliphatic rings. The van der Waals surface area contributed by atoms with Crippen molar-refractivity contribution in [2.24, 2.45) is 0 Å². The summed E-state index contributed by atoms with van der Waals surface area (Å²) in [7, 11) is 0.